The average molecular weight is 368 g/mol. The molecule has 1 fully saturated rings. The van der Waals surface area contributed by atoms with Crippen LogP contribution in [0.3, 0.4) is 0 Å². The summed E-state index contributed by atoms with van der Waals surface area (Å²) in [7, 11) is -3.58. The van der Waals surface area contributed by atoms with Gasteiger partial charge in [-0.2, -0.15) is 4.31 Å². The van der Waals surface area contributed by atoms with Gasteiger partial charge in [0, 0.05) is 43.8 Å². The zero-order valence-corrected chi connectivity index (χ0v) is 16.6. The molecular formula is C18H29N3O3S. The topological polar surface area (TPSA) is 69.7 Å². The second-order valence-electron chi connectivity index (χ2n) is 6.55. The maximum absolute atomic E-state index is 13.1. The molecule has 1 amide bonds. The standard InChI is InChI=1S/C18H29N3O3S/c1-6-20(7-2)25(23,24)16-9-8-13(3)17(12-16)18(22)21-11-10-19-14(4)15(21)5/h8-9,12,14-15,19H,6-7,10-11H2,1-5H3. The zero-order valence-electron chi connectivity index (χ0n) is 15.7. The van der Waals surface area contributed by atoms with Crippen LogP contribution in [-0.2, 0) is 10.0 Å². The van der Waals surface area contributed by atoms with Crippen molar-refractivity contribution in [1.29, 1.82) is 0 Å². The molecule has 2 unspecified atom stereocenters. The Morgan fingerprint density at radius 3 is 2.52 bits per heavy atom. The van der Waals surface area contributed by atoms with Crippen molar-refractivity contribution < 1.29 is 13.2 Å². The van der Waals surface area contributed by atoms with Gasteiger partial charge in [0.1, 0.15) is 0 Å². The number of nitrogens with zero attached hydrogens (tertiary/aromatic N) is 2. The number of amides is 1. The molecule has 0 radical (unpaired) electrons. The maximum Gasteiger partial charge on any atom is 0.254 e. The molecular weight excluding hydrogens is 338 g/mol. The van der Waals surface area contributed by atoms with Crippen molar-refractivity contribution >= 4 is 15.9 Å². The Hall–Kier alpha value is -1.44. The highest BCUT2D eigenvalue weighted by Gasteiger charge is 2.30. The smallest absolute Gasteiger partial charge is 0.254 e. The van der Waals surface area contributed by atoms with E-state index in [4.69, 9.17) is 0 Å². The quantitative estimate of drug-likeness (QED) is 0.862. The van der Waals surface area contributed by atoms with Gasteiger partial charge in [-0.1, -0.05) is 19.9 Å². The molecule has 1 heterocycles. The van der Waals surface area contributed by atoms with Crippen LogP contribution >= 0.6 is 0 Å². The van der Waals surface area contributed by atoms with E-state index in [-0.39, 0.29) is 22.9 Å². The van der Waals surface area contributed by atoms with Crippen LogP contribution in [0.1, 0.15) is 43.6 Å². The fourth-order valence-corrected chi connectivity index (χ4v) is 4.69. The van der Waals surface area contributed by atoms with Gasteiger partial charge in [0.25, 0.3) is 5.91 Å². The Morgan fingerprint density at radius 2 is 1.92 bits per heavy atom. The summed E-state index contributed by atoms with van der Waals surface area (Å²) in [5.74, 6) is -0.102. The summed E-state index contributed by atoms with van der Waals surface area (Å²) in [5.41, 5.74) is 1.26. The number of hydrogen-bond donors (Lipinski definition) is 1. The van der Waals surface area contributed by atoms with E-state index >= 15 is 0 Å². The van der Waals surface area contributed by atoms with Crippen LogP contribution < -0.4 is 5.32 Å². The minimum atomic E-state index is -3.58. The number of sulfonamides is 1. The summed E-state index contributed by atoms with van der Waals surface area (Å²) in [6, 6.07) is 5.11. The molecule has 1 aliphatic rings. The summed E-state index contributed by atoms with van der Waals surface area (Å²) < 4.78 is 26.9. The predicted molar refractivity (Wildman–Crippen MR) is 99.2 cm³/mol. The van der Waals surface area contributed by atoms with Gasteiger partial charge in [-0.3, -0.25) is 4.79 Å². The first-order chi connectivity index (χ1) is 11.7. The molecule has 1 aromatic carbocycles. The van der Waals surface area contributed by atoms with Gasteiger partial charge in [0.05, 0.1) is 4.90 Å². The fraction of sp³-hybridized carbons (Fsp3) is 0.611. The van der Waals surface area contributed by atoms with E-state index in [2.05, 4.69) is 12.2 Å². The lowest BCUT2D eigenvalue weighted by Crippen LogP contribution is -2.57. The summed E-state index contributed by atoms with van der Waals surface area (Å²) >= 11 is 0. The average Bonchev–Trinajstić information content (AvgIpc) is 2.58. The third kappa shape index (κ3) is 3.88. The third-order valence-corrected chi connectivity index (χ3v) is 7.12. The lowest BCUT2D eigenvalue weighted by atomic mass is 10.0. The van der Waals surface area contributed by atoms with E-state index in [1.54, 1.807) is 12.1 Å². The molecule has 0 bridgehead atoms. The lowest BCUT2D eigenvalue weighted by Gasteiger charge is -2.39. The van der Waals surface area contributed by atoms with E-state index in [9.17, 15) is 13.2 Å². The molecule has 2 atom stereocenters. The first-order valence-electron chi connectivity index (χ1n) is 8.89. The highest BCUT2D eigenvalue weighted by molar-refractivity contribution is 7.89. The Labute approximate surface area is 151 Å². The highest BCUT2D eigenvalue weighted by Crippen LogP contribution is 2.22. The van der Waals surface area contributed by atoms with Crippen molar-refractivity contribution in [1.82, 2.24) is 14.5 Å². The summed E-state index contributed by atoms with van der Waals surface area (Å²) in [6.07, 6.45) is 0. The minimum absolute atomic E-state index is 0.0590. The molecule has 1 saturated heterocycles. The SMILES string of the molecule is CCN(CC)S(=O)(=O)c1ccc(C)c(C(=O)N2CCNC(C)C2C)c1. The Balaban J connectivity index is 2.41. The predicted octanol–water partition coefficient (Wildman–Crippen LogP) is 1.85. The van der Waals surface area contributed by atoms with E-state index < -0.39 is 10.0 Å². The van der Waals surface area contributed by atoms with Gasteiger partial charge in [-0.15, -0.1) is 0 Å². The van der Waals surface area contributed by atoms with Crippen molar-refractivity contribution in [2.45, 2.75) is 51.6 Å². The molecule has 1 aliphatic heterocycles. The van der Waals surface area contributed by atoms with Crippen LogP contribution in [0.2, 0.25) is 0 Å². The number of piperazine rings is 1. The number of rotatable bonds is 5. The Kier molecular flexibility index (Phi) is 6.24. The highest BCUT2D eigenvalue weighted by atomic mass is 32.2. The number of carbonyl (C=O) groups excluding carboxylic acids is 1. The zero-order chi connectivity index (χ0) is 18.8. The van der Waals surface area contributed by atoms with Gasteiger partial charge >= 0.3 is 0 Å². The molecule has 7 heteroatoms. The first kappa shape index (κ1) is 19.9. The number of hydrogen-bond acceptors (Lipinski definition) is 4. The molecule has 0 aromatic heterocycles. The van der Waals surface area contributed by atoms with Crippen LogP contribution in [0, 0.1) is 6.92 Å². The van der Waals surface area contributed by atoms with Crippen molar-refractivity contribution in [3.05, 3.63) is 29.3 Å². The number of carbonyl (C=O) groups is 1. The molecule has 0 aliphatic carbocycles. The van der Waals surface area contributed by atoms with Crippen LogP contribution in [-0.4, -0.2) is 61.8 Å². The fourth-order valence-electron chi connectivity index (χ4n) is 3.20. The van der Waals surface area contributed by atoms with Crippen LogP contribution in [0.15, 0.2) is 23.1 Å². The third-order valence-electron chi connectivity index (χ3n) is 5.08. The molecule has 2 rings (SSSR count). The molecule has 0 spiro atoms. The van der Waals surface area contributed by atoms with Crippen LogP contribution in [0.4, 0.5) is 0 Å². The summed E-state index contributed by atoms with van der Waals surface area (Å²) in [4.78, 5) is 15.1. The maximum atomic E-state index is 13.1. The van der Waals surface area contributed by atoms with Crippen molar-refractivity contribution in [3.63, 3.8) is 0 Å². The molecule has 1 N–H and O–H groups in total. The van der Waals surface area contributed by atoms with E-state index in [0.29, 0.717) is 25.2 Å². The largest absolute Gasteiger partial charge is 0.333 e. The number of nitrogens with one attached hydrogen (secondary N) is 1. The van der Waals surface area contributed by atoms with Gasteiger partial charge in [0.15, 0.2) is 0 Å². The molecule has 1 aromatic rings. The Morgan fingerprint density at radius 1 is 1.28 bits per heavy atom. The van der Waals surface area contributed by atoms with Crippen molar-refractivity contribution in [3.8, 4) is 0 Å². The summed E-state index contributed by atoms with van der Waals surface area (Å²) in [6.45, 7) is 11.7. The molecule has 6 nitrogen and oxygen atoms in total. The molecule has 25 heavy (non-hydrogen) atoms. The molecule has 0 saturated carbocycles. The van der Waals surface area contributed by atoms with E-state index in [0.717, 1.165) is 12.1 Å². The first-order valence-corrected chi connectivity index (χ1v) is 10.3. The minimum Gasteiger partial charge on any atom is -0.333 e. The van der Waals surface area contributed by atoms with E-state index in [1.807, 2.05) is 32.6 Å². The van der Waals surface area contributed by atoms with Gasteiger partial charge in [-0.25, -0.2) is 8.42 Å². The van der Waals surface area contributed by atoms with Crippen molar-refractivity contribution in [2.24, 2.45) is 0 Å². The summed E-state index contributed by atoms with van der Waals surface area (Å²) in [5, 5.41) is 3.35. The van der Waals surface area contributed by atoms with Crippen LogP contribution in [0.25, 0.3) is 0 Å². The second kappa shape index (κ2) is 7.85. The van der Waals surface area contributed by atoms with Crippen LogP contribution in [0.5, 0.6) is 0 Å². The number of aryl methyl sites for hydroxylation is 1. The van der Waals surface area contributed by atoms with Gasteiger partial charge < -0.3 is 10.2 Å². The number of benzene rings is 1. The normalized spacial score (nSPS) is 21.6. The Bertz CT molecular complexity index is 729. The monoisotopic (exact) mass is 367 g/mol. The van der Waals surface area contributed by atoms with E-state index in [1.165, 1.54) is 10.4 Å². The molecule has 140 valence electrons. The van der Waals surface area contributed by atoms with Crippen molar-refractivity contribution in [2.75, 3.05) is 26.2 Å². The lowest BCUT2D eigenvalue weighted by molar-refractivity contribution is 0.0602. The van der Waals surface area contributed by atoms with Gasteiger partial charge in [-0.05, 0) is 38.5 Å². The second-order valence-corrected chi connectivity index (χ2v) is 8.49. The van der Waals surface area contributed by atoms with Gasteiger partial charge in [0.2, 0.25) is 10.0 Å².